The predicted octanol–water partition coefficient (Wildman–Crippen LogP) is 0.874. The fraction of sp³-hybridized carbons (Fsp3) is 0.125. The molecule has 1 aromatic heterocycles. The molecule has 0 saturated carbocycles. The quantitative estimate of drug-likeness (QED) is 0.381. The van der Waals surface area contributed by atoms with Gasteiger partial charge in [0.2, 0.25) is 0 Å². The van der Waals surface area contributed by atoms with E-state index in [-0.39, 0.29) is 17.6 Å². The van der Waals surface area contributed by atoms with Crippen LogP contribution in [0.2, 0.25) is 0 Å². The highest BCUT2D eigenvalue weighted by atomic mass is 35.5. The van der Waals surface area contributed by atoms with Gasteiger partial charge in [-0.15, -0.1) is 11.6 Å². The Balaban J connectivity index is 2.57. The minimum atomic E-state index is -0.421. The molecule has 1 aliphatic heterocycles. The van der Waals surface area contributed by atoms with Crippen molar-refractivity contribution in [2.24, 2.45) is 0 Å². The van der Waals surface area contributed by atoms with Crippen LogP contribution < -0.4 is 0 Å². The second kappa shape index (κ2) is 2.81. The molecule has 2 heterocycles. The number of aromatic nitrogens is 1. The summed E-state index contributed by atoms with van der Waals surface area (Å²) >= 11 is 5.44. The van der Waals surface area contributed by atoms with Crippen LogP contribution in [0.3, 0.4) is 0 Å². The Morgan fingerprint density at radius 2 is 2.15 bits per heavy atom. The Hall–Kier alpha value is -1.42. The zero-order valence-electron chi connectivity index (χ0n) is 6.53. The minimum Gasteiger partial charge on any atom is -0.268 e. The Labute approximate surface area is 79.1 Å². The number of alkyl halides is 1. The molecule has 2 amide bonds. The van der Waals surface area contributed by atoms with E-state index < -0.39 is 5.91 Å². The lowest BCUT2D eigenvalue weighted by Crippen LogP contribution is -2.28. The number of halogens is 1. The summed E-state index contributed by atoms with van der Waals surface area (Å²) in [6, 6.07) is 3.05. The van der Waals surface area contributed by atoms with Crippen molar-refractivity contribution in [3.8, 4) is 0 Å². The van der Waals surface area contributed by atoms with Gasteiger partial charge in [0.15, 0.2) is 0 Å². The number of pyridine rings is 1. The first-order valence-corrected chi connectivity index (χ1v) is 4.16. The molecule has 66 valence electrons. The largest absolute Gasteiger partial charge is 0.281 e. The number of hydrogen-bond donors (Lipinski definition) is 0. The van der Waals surface area contributed by atoms with Crippen molar-refractivity contribution in [3.63, 3.8) is 0 Å². The van der Waals surface area contributed by atoms with E-state index in [1.165, 1.54) is 6.20 Å². The zero-order valence-corrected chi connectivity index (χ0v) is 7.28. The van der Waals surface area contributed by atoms with E-state index in [1.807, 2.05) is 0 Å². The van der Waals surface area contributed by atoms with Gasteiger partial charge in [0.1, 0.15) is 11.7 Å². The maximum atomic E-state index is 11.4. The lowest BCUT2D eigenvalue weighted by molar-refractivity contribution is 0.0680. The molecule has 0 unspecified atom stereocenters. The first-order chi connectivity index (χ1) is 6.25. The Kier molecular flexibility index (Phi) is 1.77. The van der Waals surface area contributed by atoms with Gasteiger partial charge >= 0.3 is 0 Å². The summed E-state index contributed by atoms with van der Waals surface area (Å²) in [6.07, 6.45) is 1.47. The third-order valence-electron chi connectivity index (χ3n) is 1.85. The number of carbonyl (C=O) groups is 2. The van der Waals surface area contributed by atoms with E-state index in [2.05, 4.69) is 4.98 Å². The molecule has 0 bridgehead atoms. The van der Waals surface area contributed by atoms with Gasteiger partial charge in [0, 0.05) is 6.20 Å². The van der Waals surface area contributed by atoms with Crippen molar-refractivity contribution >= 4 is 23.4 Å². The SMILES string of the molecule is O=C1c2cccnc2C(=O)N1CCl. The van der Waals surface area contributed by atoms with Gasteiger partial charge in [0.05, 0.1) is 5.56 Å². The van der Waals surface area contributed by atoms with Crippen LogP contribution in [0.1, 0.15) is 20.8 Å². The summed E-state index contributed by atoms with van der Waals surface area (Å²) in [4.78, 5) is 27.6. The molecule has 1 aromatic rings. The van der Waals surface area contributed by atoms with Crippen molar-refractivity contribution in [2.75, 3.05) is 6.00 Å². The number of hydrogen-bond acceptors (Lipinski definition) is 3. The van der Waals surface area contributed by atoms with E-state index in [9.17, 15) is 9.59 Å². The van der Waals surface area contributed by atoms with E-state index in [0.717, 1.165) is 4.90 Å². The highest BCUT2D eigenvalue weighted by molar-refractivity contribution is 6.26. The van der Waals surface area contributed by atoms with Crippen LogP contribution >= 0.6 is 11.6 Å². The standard InChI is InChI=1S/C8H5ClN2O2/c9-4-11-7(12)5-2-1-3-10-6(5)8(11)13/h1-3H,4H2. The fourth-order valence-corrected chi connectivity index (χ4v) is 1.44. The molecule has 0 N–H and O–H groups in total. The summed E-state index contributed by atoms with van der Waals surface area (Å²) in [7, 11) is 0. The van der Waals surface area contributed by atoms with Gasteiger partial charge in [-0.2, -0.15) is 0 Å². The van der Waals surface area contributed by atoms with E-state index in [4.69, 9.17) is 11.6 Å². The topological polar surface area (TPSA) is 50.3 Å². The van der Waals surface area contributed by atoms with Crippen LogP contribution in [0.5, 0.6) is 0 Å². The lowest BCUT2D eigenvalue weighted by Gasteiger charge is -2.06. The lowest BCUT2D eigenvalue weighted by atomic mass is 10.2. The molecule has 0 spiro atoms. The number of amides is 2. The second-order valence-electron chi connectivity index (χ2n) is 2.56. The van der Waals surface area contributed by atoms with Crippen LogP contribution in [-0.2, 0) is 0 Å². The molecule has 0 aliphatic carbocycles. The number of nitrogens with zero attached hydrogens (tertiary/aromatic N) is 2. The number of fused-ring (bicyclic) bond motifs is 1. The van der Waals surface area contributed by atoms with Crippen molar-refractivity contribution in [1.82, 2.24) is 9.88 Å². The maximum absolute atomic E-state index is 11.4. The van der Waals surface area contributed by atoms with Gasteiger partial charge in [-0.3, -0.25) is 19.5 Å². The summed E-state index contributed by atoms with van der Waals surface area (Å²) in [5.41, 5.74) is 0.515. The minimum absolute atomic E-state index is 0.131. The van der Waals surface area contributed by atoms with Crippen LogP contribution in [-0.4, -0.2) is 27.7 Å². The molecular formula is C8H5ClN2O2. The predicted molar refractivity (Wildman–Crippen MR) is 45.5 cm³/mol. The number of rotatable bonds is 1. The molecule has 1 aliphatic rings. The van der Waals surface area contributed by atoms with Crippen molar-refractivity contribution in [2.45, 2.75) is 0 Å². The average molecular weight is 197 g/mol. The molecule has 0 atom stereocenters. The summed E-state index contributed by atoms with van der Waals surface area (Å²) in [6.45, 7) is 0. The monoisotopic (exact) mass is 196 g/mol. The molecule has 5 heteroatoms. The van der Waals surface area contributed by atoms with Gasteiger partial charge in [-0.1, -0.05) is 0 Å². The Bertz CT molecular complexity index is 356. The van der Waals surface area contributed by atoms with Gasteiger partial charge < -0.3 is 0 Å². The maximum Gasteiger partial charge on any atom is 0.281 e. The normalized spacial score (nSPS) is 15.0. The van der Waals surface area contributed by atoms with Crippen LogP contribution in [0.4, 0.5) is 0 Å². The summed E-state index contributed by atoms with van der Waals surface area (Å²) in [5, 5.41) is 0. The Morgan fingerprint density at radius 3 is 2.77 bits per heavy atom. The average Bonchev–Trinajstić information content (AvgIpc) is 2.41. The Morgan fingerprint density at radius 1 is 1.38 bits per heavy atom. The fourth-order valence-electron chi connectivity index (χ4n) is 1.22. The van der Waals surface area contributed by atoms with Gasteiger partial charge in [-0.25, -0.2) is 0 Å². The smallest absolute Gasteiger partial charge is 0.268 e. The van der Waals surface area contributed by atoms with Crippen molar-refractivity contribution < 1.29 is 9.59 Å². The van der Waals surface area contributed by atoms with E-state index >= 15 is 0 Å². The van der Waals surface area contributed by atoms with Crippen LogP contribution in [0.15, 0.2) is 18.3 Å². The number of imide groups is 1. The molecule has 0 fully saturated rings. The molecule has 4 nitrogen and oxygen atoms in total. The van der Waals surface area contributed by atoms with Crippen molar-refractivity contribution in [3.05, 3.63) is 29.6 Å². The molecule has 2 rings (SSSR count). The number of carbonyl (C=O) groups excluding carboxylic acids is 2. The van der Waals surface area contributed by atoms with Crippen molar-refractivity contribution in [1.29, 1.82) is 0 Å². The second-order valence-corrected chi connectivity index (χ2v) is 2.80. The molecule has 0 radical (unpaired) electrons. The van der Waals surface area contributed by atoms with Crippen LogP contribution in [0, 0.1) is 0 Å². The molecule has 0 aromatic carbocycles. The molecular weight excluding hydrogens is 192 g/mol. The molecule has 13 heavy (non-hydrogen) atoms. The van der Waals surface area contributed by atoms with Crippen LogP contribution in [0.25, 0.3) is 0 Å². The highest BCUT2D eigenvalue weighted by Crippen LogP contribution is 2.20. The highest BCUT2D eigenvalue weighted by Gasteiger charge is 2.35. The third kappa shape index (κ3) is 1.02. The van der Waals surface area contributed by atoms with E-state index in [1.54, 1.807) is 12.1 Å². The third-order valence-corrected chi connectivity index (χ3v) is 2.09. The summed E-state index contributed by atoms with van der Waals surface area (Å²) in [5.74, 6) is -0.793. The first-order valence-electron chi connectivity index (χ1n) is 3.63. The zero-order chi connectivity index (χ0) is 9.42. The first kappa shape index (κ1) is 8.19. The van der Waals surface area contributed by atoms with Gasteiger partial charge in [-0.05, 0) is 12.1 Å². The van der Waals surface area contributed by atoms with Gasteiger partial charge in [0.25, 0.3) is 11.8 Å². The summed E-state index contributed by atoms with van der Waals surface area (Å²) < 4.78 is 0. The molecule has 0 saturated heterocycles. The van der Waals surface area contributed by atoms with E-state index in [0.29, 0.717) is 5.56 Å².